The highest BCUT2D eigenvalue weighted by Crippen LogP contribution is 2.23. The molecule has 2 heterocycles. The maximum Gasteiger partial charge on any atom is 0.257 e. The van der Waals surface area contributed by atoms with Crippen LogP contribution in [0.4, 0.5) is 0 Å². The maximum atomic E-state index is 12.4. The fourth-order valence-electron chi connectivity index (χ4n) is 2.35. The number of morpholine rings is 1. The summed E-state index contributed by atoms with van der Waals surface area (Å²) in [5, 5.41) is 0. The van der Waals surface area contributed by atoms with Crippen molar-refractivity contribution < 1.29 is 13.9 Å². The van der Waals surface area contributed by atoms with Crippen LogP contribution in [0.2, 0.25) is 0 Å². The second kappa shape index (κ2) is 4.74. The highest BCUT2D eigenvalue weighted by molar-refractivity contribution is 5.95. The largest absolute Gasteiger partial charge is 0.469 e. The summed E-state index contributed by atoms with van der Waals surface area (Å²) in [7, 11) is 0. The fourth-order valence-corrected chi connectivity index (χ4v) is 2.35. The van der Waals surface area contributed by atoms with Gasteiger partial charge in [-0.1, -0.05) is 0 Å². The molecule has 0 radical (unpaired) electrons. The third kappa shape index (κ3) is 2.57. The number of carbonyl (C=O) groups is 1. The second-order valence-electron chi connectivity index (χ2n) is 5.31. The molecule has 1 aromatic heterocycles. The number of furan rings is 1. The van der Waals surface area contributed by atoms with Crippen molar-refractivity contribution in [1.29, 1.82) is 0 Å². The molecule has 1 aliphatic rings. The monoisotopic (exact) mass is 252 g/mol. The van der Waals surface area contributed by atoms with Crippen molar-refractivity contribution in [3.63, 3.8) is 0 Å². The molecule has 0 aliphatic carbocycles. The summed E-state index contributed by atoms with van der Waals surface area (Å²) in [5.41, 5.74) is 5.90. The van der Waals surface area contributed by atoms with Crippen LogP contribution in [-0.2, 0) is 4.74 Å². The van der Waals surface area contributed by atoms with E-state index in [-0.39, 0.29) is 17.6 Å². The summed E-state index contributed by atoms with van der Waals surface area (Å²) < 4.78 is 11.0. The molecule has 1 aliphatic heterocycles. The Bertz CT molecular complexity index is 439. The highest BCUT2D eigenvalue weighted by Gasteiger charge is 2.35. The van der Waals surface area contributed by atoms with E-state index in [2.05, 4.69) is 0 Å². The maximum absolute atomic E-state index is 12.4. The molecule has 0 bridgehead atoms. The molecular formula is C13H20N2O3. The summed E-state index contributed by atoms with van der Waals surface area (Å²) in [4.78, 5) is 14.2. The normalized spacial score (nSPS) is 23.1. The van der Waals surface area contributed by atoms with Crippen LogP contribution in [0.25, 0.3) is 0 Å². The lowest BCUT2D eigenvalue weighted by molar-refractivity contribution is -0.122. The zero-order valence-electron chi connectivity index (χ0n) is 11.1. The number of carbonyl (C=O) groups excluding carboxylic acids is 1. The lowest BCUT2D eigenvalue weighted by Crippen LogP contribution is -2.56. The first kappa shape index (κ1) is 13.1. The average molecular weight is 252 g/mol. The van der Waals surface area contributed by atoms with Gasteiger partial charge in [0, 0.05) is 19.6 Å². The van der Waals surface area contributed by atoms with E-state index in [0.717, 1.165) is 0 Å². The fraction of sp³-hybridized carbons (Fsp3) is 0.615. The number of ether oxygens (including phenoxy) is 1. The minimum Gasteiger partial charge on any atom is -0.469 e. The lowest BCUT2D eigenvalue weighted by Gasteiger charge is -2.42. The molecule has 100 valence electrons. The molecule has 1 aromatic rings. The minimum atomic E-state index is -0.365. The lowest BCUT2D eigenvalue weighted by atomic mass is 10.0. The third-order valence-electron chi connectivity index (χ3n) is 3.12. The molecule has 0 aromatic carbocycles. The molecule has 1 fully saturated rings. The Morgan fingerprint density at radius 2 is 2.33 bits per heavy atom. The molecule has 1 amide bonds. The Balaban J connectivity index is 2.17. The summed E-state index contributed by atoms with van der Waals surface area (Å²) in [6.07, 6.45) is 1.43. The van der Waals surface area contributed by atoms with Crippen molar-refractivity contribution in [2.24, 2.45) is 5.73 Å². The molecule has 0 spiro atoms. The van der Waals surface area contributed by atoms with E-state index in [1.54, 1.807) is 17.9 Å². The number of nitrogens with two attached hydrogens (primary N) is 1. The quantitative estimate of drug-likeness (QED) is 0.857. The van der Waals surface area contributed by atoms with Gasteiger partial charge >= 0.3 is 0 Å². The van der Waals surface area contributed by atoms with Gasteiger partial charge in [-0.3, -0.25) is 4.79 Å². The summed E-state index contributed by atoms with van der Waals surface area (Å²) in [6.45, 7) is 7.24. The van der Waals surface area contributed by atoms with Gasteiger partial charge in [-0.05, 0) is 26.8 Å². The molecule has 1 unspecified atom stereocenters. The van der Waals surface area contributed by atoms with E-state index in [0.29, 0.717) is 31.0 Å². The summed E-state index contributed by atoms with van der Waals surface area (Å²) >= 11 is 0. The average Bonchev–Trinajstić information content (AvgIpc) is 2.72. The van der Waals surface area contributed by atoms with E-state index in [4.69, 9.17) is 14.9 Å². The van der Waals surface area contributed by atoms with E-state index >= 15 is 0 Å². The minimum absolute atomic E-state index is 0.0175. The van der Waals surface area contributed by atoms with Crippen molar-refractivity contribution in [2.45, 2.75) is 32.5 Å². The van der Waals surface area contributed by atoms with Gasteiger partial charge in [0.2, 0.25) is 0 Å². The Morgan fingerprint density at radius 1 is 1.61 bits per heavy atom. The molecule has 2 N–H and O–H groups in total. The van der Waals surface area contributed by atoms with Crippen LogP contribution >= 0.6 is 0 Å². The molecule has 1 saturated heterocycles. The van der Waals surface area contributed by atoms with Gasteiger partial charge in [0.15, 0.2) is 0 Å². The number of nitrogens with zero attached hydrogens (tertiary/aromatic N) is 1. The van der Waals surface area contributed by atoms with E-state index < -0.39 is 0 Å². The summed E-state index contributed by atoms with van der Waals surface area (Å²) in [6, 6.07) is 1.71. The summed E-state index contributed by atoms with van der Waals surface area (Å²) in [5.74, 6) is 0.629. The Kier molecular flexibility index (Phi) is 3.45. The first-order valence-electron chi connectivity index (χ1n) is 6.14. The standard InChI is InChI=1S/C13H20N2O3/c1-9-11(4-5-17-9)12(16)15-7-10(6-14)18-13(2,3)8-15/h4-5,10H,6-8,14H2,1-3H3. The highest BCUT2D eigenvalue weighted by atomic mass is 16.5. The molecule has 1 atom stereocenters. The predicted octanol–water partition coefficient (Wildman–Crippen LogP) is 1.17. The van der Waals surface area contributed by atoms with E-state index in [1.165, 1.54) is 6.26 Å². The van der Waals surface area contributed by atoms with Gasteiger partial charge in [-0.2, -0.15) is 0 Å². The zero-order valence-corrected chi connectivity index (χ0v) is 11.1. The zero-order chi connectivity index (χ0) is 13.3. The first-order valence-corrected chi connectivity index (χ1v) is 6.14. The molecule has 5 heteroatoms. The van der Waals surface area contributed by atoms with Gasteiger partial charge in [0.25, 0.3) is 5.91 Å². The topological polar surface area (TPSA) is 68.7 Å². The van der Waals surface area contributed by atoms with Crippen molar-refractivity contribution in [2.75, 3.05) is 19.6 Å². The predicted molar refractivity (Wildman–Crippen MR) is 67.4 cm³/mol. The SMILES string of the molecule is Cc1occc1C(=O)N1CC(CN)OC(C)(C)C1. The van der Waals surface area contributed by atoms with Gasteiger partial charge in [0.1, 0.15) is 5.76 Å². The van der Waals surface area contributed by atoms with E-state index in [9.17, 15) is 4.79 Å². The van der Waals surface area contributed by atoms with Crippen molar-refractivity contribution >= 4 is 5.91 Å². The van der Waals surface area contributed by atoms with Crippen LogP contribution in [0.5, 0.6) is 0 Å². The van der Waals surface area contributed by atoms with Crippen molar-refractivity contribution in [1.82, 2.24) is 4.90 Å². The Morgan fingerprint density at radius 3 is 2.89 bits per heavy atom. The number of aryl methyl sites for hydroxylation is 1. The van der Waals surface area contributed by atoms with Gasteiger partial charge in [-0.15, -0.1) is 0 Å². The number of amides is 1. The number of hydrogen-bond acceptors (Lipinski definition) is 4. The molecule has 5 nitrogen and oxygen atoms in total. The van der Waals surface area contributed by atoms with Crippen LogP contribution in [0, 0.1) is 6.92 Å². The van der Waals surface area contributed by atoms with Gasteiger partial charge in [-0.25, -0.2) is 0 Å². The number of hydrogen-bond donors (Lipinski definition) is 1. The first-order chi connectivity index (χ1) is 8.43. The third-order valence-corrected chi connectivity index (χ3v) is 3.12. The molecule has 2 rings (SSSR count). The Hall–Kier alpha value is -1.33. The molecular weight excluding hydrogens is 232 g/mol. The van der Waals surface area contributed by atoms with Gasteiger partial charge in [0.05, 0.1) is 23.5 Å². The van der Waals surface area contributed by atoms with Crippen molar-refractivity contribution in [3.8, 4) is 0 Å². The van der Waals surface area contributed by atoms with E-state index in [1.807, 2.05) is 13.8 Å². The number of rotatable bonds is 2. The van der Waals surface area contributed by atoms with Crippen LogP contribution < -0.4 is 5.73 Å². The molecule has 0 saturated carbocycles. The van der Waals surface area contributed by atoms with Crippen LogP contribution in [0.1, 0.15) is 30.0 Å². The second-order valence-corrected chi connectivity index (χ2v) is 5.31. The van der Waals surface area contributed by atoms with Crippen LogP contribution in [-0.4, -0.2) is 42.1 Å². The molecule has 18 heavy (non-hydrogen) atoms. The van der Waals surface area contributed by atoms with Crippen molar-refractivity contribution in [3.05, 3.63) is 23.7 Å². The smallest absolute Gasteiger partial charge is 0.257 e. The van der Waals surface area contributed by atoms with Crippen LogP contribution in [0.3, 0.4) is 0 Å². The van der Waals surface area contributed by atoms with Gasteiger partial charge < -0.3 is 19.8 Å². The Labute approximate surface area is 107 Å². The van der Waals surface area contributed by atoms with Crippen LogP contribution in [0.15, 0.2) is 16.7 Å².